The maximum atomic E-state index is 12.0. The zero-order valence-electron chi connectivity index (χ0n) is 12.0. The lowest BCUT2D eigenvalue weighted by Crippen LogP contribution is -2.36. The molecule has 5 nitrogen and oxygen atoms in total. The molecule has 5 heteroatoms. The largest absolute Gasteiger partial charge is 0.490 e. The number of aliphatic hydroxyl groups is 1. The molecule has 1 aliphatic heterocycles. The molecule has 20 heavy (non-hydrogen) atoms. The van der Waals surface area contributed by atoms with Crippen LogP contribution in [0.4, 0.5) is 0 Å². The number of ether oxygens (including phenoxy) is 2. The molecule has 0 radical (unpaired) electrons. The van der Waals surface area contributed by atoms with Crippen molar-refractivity contribution >= 4 is 5.91 Å². The van der Waals surface area contributed by atoms with Crippen LogP contribution in [0.5, 0.6) is 11.5 Å². The van der Waals surface area contributed by atoms with Crippen LogP contribution in [0.3, 0.4) is 0 Å². The van der Waals surface area contributed by atoms with E-state index in [0.29, 0.717) is 37.6 Å². The summed E-state index contributed by atoms with van der Waals surface area (Å²) in [7, 11) is 0. The molecule has 1 unspecified atom stereocenters. The molecule has 1 fully saturated rings. The zero-order chi connectivity index (χ0) is 14.6. The van der Waals surface area contributed by atoms with E-state index in [-0.39, 0.29) is 12.5 Å². The van der Waals surface area contributed by atoms with Gasteiger partial charge in [-0.25, -0.2) is 0 Å². The summed E-state index contributed by atoms with van der Waals surface area (Å²) in [5.41, 5.74) is -0.779. The van der Waals surface area contributed by atoms with Crippen molar-refractivity contribution in [2.24, 2.45) is 0 Å². The summed E-state index contributed by atoms with van der Waals surface area (Å²) in [6.07, 6.45) is 0.605. The van der Waals surface area contributed by atoms with E-state index in [1.807, 2.05) is 25.1 Å². The lowest BCUT2D eigenvalue weighted by molar-refractivity contribution is -0.133. The van der Waals surface area contributed by atoms with E-state index in [0.717, 1.165) is 0 Å². The maximum Gasteiger partial charge on any atom is 0.260 e. The fraction of sp³-hybridized carbons (Fsp3) is 0.533. The third-order valence-electron chi connectivity index (χ3n) is 3.30. The van der Waals surface area contributed by atoms with E-state index in [9.17, 15) is 9.90 Å². The van der Waals surface area contributed by atoms with Crippen LogP contribution in [0.2, 0.25) is 0 Å². The predicted molar refractivity (Wildman–Crippen MR) is 74.9 cm³/mol. The number of likely N-dealkylation sites (tertiary alicyclic amines) is 1. The molecule has 0 bridgehead atoms. The van der Waals surface area contributed by atoms with E-state index in [1.165, 1.54) is 0 Å². The maximum absolute atomic E-state index is 12.0. The Labute approximate surface area is 119 Å². The average molecular weight is 279 g/mol. The van der Waals surface area contributed by atoms with Crippen molar-refractivity contribution in [2.75, 3.05) is 26.3 Å². The lowest BCUT2D eigenvalue weighted by Gasteiger charge is -2.19. The Morgan fingerprint density at radius 1 is 1.35 bits per heavy atom. The normalized spacial score (nSPS) is 21.9. The molecule has 1 aromatic carbocycles. The van der Waals surface area contributed by atoms with Crippen LogP contribution in [-0.2, 0) is 4.79 Å². The highest BCUT2D eigenvalue weighted by molar-refractivity contribution is 5.78. The van der Waals surface area contributed by atoms with Crippen molar-refractivity contribution in [1.82, 2.24) is 4.90 Å². The summed E-state index contributed by atoms with van der Waals surface area (Å²) in [4.78, 5) is 13.7. The fourth-order valence-corrected chi connectivity index (χ4v) is 2.23. The molecule has 110 valence electrons. The van der Waals surface area contributed by atoms with Gasteiger partial charge < -0.3 is 19.5 Å². The van der Waals surface area contributed by atoms with Crippen LogP contribution in [0.25, 0.3) is 0 Å². The number of amides is 1. The van der Waals surface area contributed by atoms with Crippen molar-refractivity contribution in [3.63, 3.8) is 0 Å². The third-order valence-corrected chi connectivity index (χ3v) is 3.30. The molecule has 1 aromatic rings. The first-order valence-corrected chi connectivity index (χ1v) is 6.86. The van der Waals surface area contributed by atoms with E-state index in [1.54, 1.807) is 17.9 Å². The molecule has 0 spiro atoms. The summed E-state index contributed by atoms with van der Waals surface area (Å²) < 4.78 is 11.0. The highest BCUT2D eigenvalue weighted by Crippen LogP contribution is 2.26. The van der Waals surface area contributed by atoms with Crippen LogP contribution in [0.1, 0.15) is 20.3 Å². The number of carbonyl (C=O) groups excluding carboxylic acids is 1. The molecule has 0 aromatic heterocycles. The fourth-order valence-electron chi connectivity index (χ4n) is 2.23. The molecule has 1 amide bonds. The smallest absolute Gasteiger partial charge is 0.260 e. The van der Waals surface area contributed by atoms with Crippen LogP contribution < -0.4 is 9.47 Å². The second-order valence-electron chi connectivity index (χ2n) is 5.23. The first-order valence-electron chi connectivity index (χ1n) is 6.86. The molecular formula is C15H21NO4. The number of benzene rings is 1. The number of nitrogens with zero attached hydrogens (tertiary/aromatic N) is 1. The van der Waals surface area contributed by atoms with Crippen molar-refractivity contribution in [3.05, 3.63) is 24.3 Å². The van der Waals surface area contributed by atoms with E-state index in [4.69, 9.17) is 9.47 Å². The minimum absolute atomic E-state index is 0.0415. The topological polar surface area (TPSA) is 59.0 Å². The molecule has 1 saturated heterocycles. The van der Waals surface area contributed by atoms with Gasteiger partial charge in [-0.3, -0.25) is 4.79 Å². The zero-order valence-corrected chi connectivity index (χ0v) is 12.0. The highest BCUT2D eigenvalue weighted by Gasteiger charge is 2.33. The van der Waals surface area contributed by atoms with Crippen LogP contribution in [0, 0.1) is 0 Å². The number of carbonyl (C=O) groups is 1. The van der Waals surface area contributed by atoms with E-state index >= 15 is 0 Å². The van der Waals surface area contributed by atoms with Crippen LogP contribution >= 0.6 is 0 Å². The number of β-amino-alcohol motifs (C(OH)–C–C–N with tert-alkyl or cyclic N) is 1. The average Bonchev–Trinajstić information content (AvgIpc) is 2.78. The van der Waals surface area contributed by atoms with Gasteiger partial charge in [0.25, 0.3) is 5.91 Å². The van der Waals surface area contributed by atoms with Crippen molar-refractivity contribution < 1.29 is 19.4 Å². The first kappa shape index (κ1) is 14.7. The Bertz CT molecular complexity index is 473. The van der Waals surface area contributed by atoms with Gasteiger partial charge in [-0.2, -0.15) is 0 Å². The van der Waals surface area contributed by atoms with E-state index in [2.05, 4.69) is 0 Å². The summed E-state index contributed by atoms with van der Waals surface area (Å²) in [5.74, 6) is 1.08. The minimum atomic E-state index is -0.779. The molecule has 0 saturated carbocycles. The SMILES string of the molecule is CCOc1ccccc1OCC(=O)N1CCC(C)(O)C1. The summed E-state index contributed by atoms with van der Waals surface area (Å²) in [6.45, 7) is 5.08. The minimum Gasteiger partial charge on any atom is -0.490 e. The molecule has 1 aliphatic rings. The Morgan fingerprint density at radius 2 is 2.00 bits per heavy atom. The Morgan fingerprint density at radius 3 is 2.55 bits per heavy atom. The van der Waals surface area contributed by atoms with Crippen molar-refractivity contribution in [3.8, 4) is 11.5 Å². The third kappa shape index (κ3) is 3.63. The van der Waals surface area contributed by atoms with Gasteiger partial charge in [0, 0.05) is 13.1 Å². The van der Waals surface area contributed by atoms with Gasteiger partial charge >= 0.3 is 0 Å². The second kappa shape index (κ2) is 6.13. The standard InChI is InChI=1S/C15H21NO4/c1-3-19-12-6-4-5-7-13(12)20-10-14(17)16-9-8-15(2,18)11-16/h4-7,18H,3,8-11H2,1-2H3. The first-order chi connectivity index (χ1) is 9.52. The molecular weight excluding hydrogens is 258 g/mol. The summed E-state index contributed by atoms with van der Waals surface area (Å²) in [5, 5.41) is 9.86. The number of rotatable bonds is 5. The molecule has 0 aliphatic carbocycles. The molecule has 1 N–H and O–H groups in total. The monoisotopic (exact) mass is 279 g/mol. The van der Waals surface area contributed by atoms with Gasteiger partial charge in [-0.15, -0.1) is 0 Å². The Kier molecular flexibility index (Phi) is 4.49. The van der Waals surface area contributed by atoms with Crippen LogP contribution in [-0.4, -0.2) is 47.8 Å². The molecule has 1 atom stereocenters. The van der Waals surface area contributed by atoms with Gasteiger partial charge in [0.15, 0.2) is 18.1 Å². The lowest BCUT2D eigenvalue weighted by atomic mass is 10.1. The summed E-state index contributed by atoms with van der Waals surface area (Å²) >= 11 is 0. The van der Waals surface area contributed by atoms with Crippen molar-refractivity contribution in [2.45, 2.75) is 25.9 Å². The van der Waals surface area contributed by atoms with Gasteiger partial charge in [0.2, 0.25) is 0 Å². The van der Waals surface area contributed by atoms with Gasteiger partial charge in [-0.05, 0) is 32.4 Å². The predicted octanol–water partition coefficient (Wildman–Crippen LogP) is 1.45. The van der Waals surface area contributed by atoms with E-state index < -0.39 is 5.60 Å². The number of hydrogen-bond acceptors (Lipinski definition) is 4. The molecule has 2 rings (SSSR count). The van der Waals surface area contributed by atoms with Gasteiger partial charge in [-0.1, -0.05) is 12.1 Å². The van der Waals surface area contributed by atoms with Gasteiger partial charge in [0.1, 0.15) is 0 Å². The number of hydrogen-bond donors (Lipinski definition) is 1. The second-order valence-corrected chi connectivity index (χ2v) is 5.23. The molecule has 1 heterocycles. The van der Waals surface area contributed by atoms with Crippen molar-refractivity contribution in [1.29, 1.82) is 0 Å². The highest BCUT2D eigenvalue weighted by atomic mass is 16.5. The van der Waals surface area contributed by atoms with Crippen LogP contribution in [0.15, 0.2) is 24.3 Å². The Hall–Kier alpha value is -1.75. The summed E-state index contributed by atoms with van der Waals surface area (Å²) in [6, 6.07) is 7.28. The number of para-hydroxylation sites is 2. The quantitative estimate of drug-likeness (QED) is 0.886. The Balaban J connectivity index is 1.91. The van der Waals surface area contributed by atoms with Gasteiger partial charge in [0.05, 0.1) is 12.2 Å².